The SMILES string of the molecule is CCCCC(CC)CC(NCC)C(C)(CC)N1CCCC1. The third kappa shape index (κ3) is 5.25. The highest BCUT2D eigenvalue weighted by Crippen LogP contribution is 2.32. The first-order valence-electron chi connectivity index (χ1n) is 9.60. The normalized spacial score (nSPS) is 22.1. The molecule has 0 saturated carbocycles. The highest BCUT2D eigenvalue weighted by molar-refractivity contribution is 4.98. The summed E-state index contributed by atoms with van der Waals surface area (Å²) in [5, 5.41) is 3.85. The smallest absolute Gasteiger partial charge is 0.0331 e. The molecule has 0 aromatic heterocycles. The molecule has 1 N–H and O–H groups in total. The summed E-state index contributed by atoms with van der Waals surface area (Å²) in [5.41, 5.74) is 0.339. The lowest BCUT2D eigenvalue weighted by Crippen LogP contribution is -2.59. The molecule has 0 spiro atoms. The lowest BCUT2D eigenvalue weighted by molar-refractivity contribution is 0.0719. The van der Waals surface area contributed by atoms with Crippen molar-refractivity contribution in [3.05, 3.63) is 0 Å². The van der Waals surface area contributed by atoms with Crippen LogP contribution in [0.4, 0.5) is 0 Å². The van der Waals surface area contributed by atoms with Gasteiger partial charge < -0.3 is 5.32 Å². The van der Waals surface area contributed by atoms with Crippen molar-refractivity contribution in [2.45, 2.75) is 97.6 Å². The number of nitrogens with zero attached hydrogens (tertiary/aromatic N) is 1. The van der Waals surface area contributed by atoms with E-state index in [1.807, 2.05) is 0 Å². The van der Waals surface area contributed by atoms with Gasteiger partial charge in [0.2, 0.25) is 0 Å². The van der Waals surface area contributed by atoms with Crippen molar-refractivity contribution in [3.63, 3.8) is 0 Å². The number of likely N-dealkylation sites (tertiary alicyclic amines) is 1. The first-order chi connectivity index (χ1) is 10.1. The van der Waals surface area contributed by atoms with Gasteiger partial charge in [-0.1, -0.05) is 53.4 Å². The second-order valence-corrected chi connectivity index (χ2v) is 7.17. The van der Waals surface area contributed by atoms with Crippen LogP contribution < -0.4 is 5.32 Å². The van der Waals surface area contributed by atoms with E-state index in [9.17, 15) is 0 Å². The van der Waals surface area contributed by atoms with E-state index in [4.69, 9.17) is 0 Å². The first kappa shape index (κ1) is 19.0. The van der Waals surface area contributed by atoms with Gasteiger partial charge in [-0.3, -0.25) is 4.90 Å². The molecule has 21 heavy (non-hydrogen) atoms. The molecule has 0 radical (unpaired) electrons. The molecule has 1 rings (SSSR count). The van der Waals surface area contributed by atoms with E-state index >= 15 is 0 Å². The molecular formula is C19H40N2. The molecule has 1 fully saturated rings. The third-order valence-corrected chi connectivity index (χ3v) is 5.86. The standard InChI is InChI=1S/C19H40N2/c1-6-10-13-17(7-2)16-18(20-9-4)19(5,8-3)21-14-11-12-15-21/h17-18,20H,6-16H2,1-5H3. The predicted molar refractivity (Wildman–Crippen MR) is 94.9 cm³/mol. The summed E-state index contributed by atoms with van der Waals surface area (Å²) in [5.74, 6) is 0.891. The Hall–Kier alpha value is -0.0800. The molecule has 2 heteroatoms. The number of unbranched alkanes of at least 4 members (excludes halogenated alkanes) is 1. The van der Waals surface area contributed by atoms with Gasteiger partial charge in [-0.25, -0.2) is 0 Å². The molecule has 3 atom stereocenters. The van der Waals surface area contributed by atoms with E-state index in [0.29, 0.717) is 11.6 Å². The number of likely N-dealkylation sites (N-methyl/N-ethyl adjacent to an activating group) is 1. The summed E-state index contributed by atoms with van der Waals surface area (Å²) in [6.07, 6.45) is 10.9. The summed E-state index contributed by atoms with van der Waals surface area (Å²) in [7, 11) is 0. The monoisotopic (exact) mass is 296 g/mol. The topological polar surface area (TPSA) is 15.3 Å². The molecule has 2 nitrogen and oxygen atoms in total. The number of nitrogens with one attached hydrogen (secondary N) is 1. The summed E-state index contributed by atoms with van der Waals surface area (Å²) in [4.78, 5) is 2.77. The lowest BCUT2D eigenvalue weighted by Gasteiger charge is -2.46. The summed E-state index contributed by atoms with van der Waals surface area (Å²) < 4.78 is 0. The third-order valence-electron chi connectivity index (χ3n) is 5.86. The van der Waals surface area contributed by atoms with Crippen LogP contribution >= 0.6 is 0 Å². The minimum Gasteiger partial charge on any atom is -0.312 e. The van der Waals surface area contributed by atoms with Crippen molar-refractivity contribution in [1.29, 1.82) is 0 Å². The Balaban J connectivity index is 2.75. The molecule has 0 bridgehead atoms. The summed E-state index contributed by atoms with van der Waals surface area (Å²) in [6, 6.07) is 0.646. The largest absolute Gasteiger partial charge is 0.312 e. The van der Waals surface area contributed by atoms with Crippen LogP contribution in [-0.2, 0) is 0 Å². The van der Waals surface area contributed by atoms with Crippen LogP contribution in [0.3, 0.4) is 0 Å². The second kappa shape index (κ2) is 9.84. The Morgan fingerprint density at radius 1 is 1.10 bits per heavy atom. The van der Waals surface area contributed by atoms with E-state index in [1.165, 1.54) is 64.5 Å². The molecule has 1 saturated heterocycles. The fourth-order valence-electron chi connectivity index (χ4n) is 4.04. The molecule has 3 unspecified atom stereocenters. The molecule has 0 amide bonds. The van der Waals surface area contributed by atoms with Crippen molar-refractivity contribution in [1.82, 2.24) is 10.2 Å². The first-order valence-corrected chi connectivity index (χ1v) is 9.60. The van der Waals surface area contributed by atoms with Gasteiger partial charge in [-0.05, 0) is 58.2 Å². The average Bonchev–Trinajstić information content (AvgIpc) is 3.04. The van der Waals surface area contributed by atoms with Crippen LogP contribution in [-0.4, -0.2) is 36.1 Å². The van der Waals surface area contributed by atoms with Gasteiger partial charge in [-0.15, -0.1) is 0 Å². The minimum atomic E-state index is 0.339. The highest BCUT2D eigenvalue weighted by Gasteiger charge is 2.39. The van der Waals surface area contributed by atoms with Crippen LogP contribution in [0.25, 0.3) is 0 Å². The molecule has 126 valence electrons. The van der Waals surface area contributed by atoms with E-state index in [-0.39, 0.29) is 0 Å². The van der Waals surface area contributed by atoms with Gasteiger partial charge in [0.05, 0.1) is 0 Å². The van der Waals surface area contributed by atoms with E-state index in [1.54, 1.807) is 0 Å². The predicted octanol–water partition coefficient (Wildman–Crippen LogP) is 4.84. The maximum absolute atomic E-state index is 3.85. The number of rotatable bonds is 11. The maximum Gasteiger partial charge on any atom is 0.0331 e. The van der Waals surface area contributed by atoms with Crippen molar-refractivity contribution < 1.29 is 0 Å². The summed E-state index contributed by atoms with van der Waals surface area (Å²) in [6.45, 7) is 15.6. The minimum absolute atomic E-state index is 0.339. The van der Waals surface area contributed by atoms with E-state index in [0.717, 1.165) is 12.5 Å². The number of hydrogen-bond donors (Lipinski definition) is 1. The molecule has 1 aliphatic rings. The van der Waals surface area contributed by atoms with Crippen molar-refractivity contribution >= 4 is 0 Å². The van der Waals surface area contributed by atoms with Gasteiger partial charge in [0, 0.05) is 11.6 Å². The van der Waals surface area contributed by atoms with E-state index < -0.39 is 0 Å². The van der Waals surface area contributed by atoms with Crippen LogP contribution in [0.1, 0.15) is 86.0 Å². The van der Waals surface area contributed by atoms with Crippen molar-refractivity contribution in [3.8, 4) is 0 Å². The molecule has 0 aliphatic carbocycles. The zero-order valence-electron chi connectivity index (χ0n) is 15.4. The highest BCUT2D eigenvalue weighted by atomic mass is 15.2. The Morgan fingerprint density at radius 2 is 1.76 bits per heavy atom. The summed E-state index contributed by atoms with van der Waals surface area (Å²) >= 11 is 0. The van der Waals surface area contributed by atoms with Crippen LogP contribution in [0.5, 0.6) is 0 Å². The fraction of sp³-hybridized carbons (Fsp3) is 1.00. The van der Waals surface area contributed by atoms with Gasteiger partial charge in [0.1, 0.15) is 0 Å². The Labute approximate surface area is 134 Å². The Bertz CT molecular complexity index is 260. The van der Waals surface area contributed by atoms with Gasteiger partial charge in [0.25, 0.3) is 0 Å². The second-order valence-electron chi connectivity index (χ2n) is 7.17. The van der Waals surface area contributed by atoms with Crippen LogP contribution in [0.15, 0.2) is 0 Å². The van der Waals surface area contributed by atoms with Crippen LogP contribution in [0, 0.1) is 5.92 Å². The molecular weight excluding hydrogens is 256 g/mol. The molecule has 1 heterocycles. The molecule has 0 aromatic rings. The average molecular weight is 297 g/mol. The quantitative estimate of drug-likeness (QED) is 0.587. The van der Waals surface area contributed by atoms with Gasteiger partial charge in [-0.2, -0.15) is 0 Å². The van der Waals surface area contributed by atoms with Gasteiger partial charge >= 0.3 is 0 Å². The zero-order valence-corrected chi connectivity index (χ0v) is 15.4. The van der Waals surface area contributed by atoms with Gasteiger partial charge in [0.15, 0.2) is 0 Å². The van der Waals surface area contributed by atoms with Crippen molar-refractivity contribution in [2.24, 2.45) is 5.92 Å². The fourth-order valence-corrected chi connectivity index (χ4v) is 4.04. The van der Waals surface area contributed by atoms with Crippen LogP contribution in [0.2, 0.25) is 0 Å². The molecule has 1 aliphatic heterocycles. The van der Waals surface area contributed by atoms with E-state index in [2.05, 4.69) is 44.8 Å². The molecule has 0 aromatic carbocycles. The maximum atomic E-state index is 3.85. The van der Waals surface area contributed by atoms with Crippen molar-refractivity contribution in [2.75, 3.05) is 19.6 Å². The number of hydrogen-bond acceptors (Lipinski definition) is 2. The lowest BCUT2D eigenvalue weighted by atomic mass is 9.80. The Kier molecular flexibility index (Phi) is 8.89. The zero-order chi connectivity index (χ0) is 15.7. The Morgan fingerprint density at radius 3 is 2.24 bits per heavy atom.